The van der Waals surface area contributed by atoms with E-state index in [9.17, 15) is 0 Å². The van der Waals surface area contributed by atoms with Gasteiger partial charge in [-0.1, -0.05) is 18.2 Å². The number of furan rings is 1. The van der Waals surface area contributed by atoms with Crippen LogP contribution in [-0.2, 0) is 6.54 Å². The smallest absolute Gasteiger partial charge is 0.122 e. The second kappa shape index (κ2) is 5.97. The fourth-order valence-corrected chi connectivity index (χ4v) is 1.96. The lowest BCUT2D eigenvalue weighted by Crippen LogP contribution is -1.98. The predicted octanol–water partition coefficient (Wildman–Crippen LogP) is 4.64. The van der Waals surface area contributed by atoms with Crippen molar-refractivity contribution in [3.8, 4) is 0 Å². The van der Waals surface area contributed by atoms with E-state index in [-0.39, 0.29) is 0 Å². The molecule has 0 radical (unpaired) electrons. The highest BCUT2D eigenvalue weighted by Gasteiger charge is 1.97. The number of anilines is 3. The van der Waals surface area contributed by atoms with E-state index in [1.165, 1.54) is 0 Å². The van der Waals surface area contributed by atoms with Crippen molar-refractivity contribution in [3.05, 3.63) is 78.8 Å². The van der Waals surface area contributed by atoms with Crippen molar-refractivity contribution < 1.29 is 4.42 Å². The quantitative estimate of drug-likeness (QED) is 0.705. The summed E-state index contributed by atoms with van der Waals surface area (Å²) < 4.78 is 5.28. The standard InChI is InChI=1S/C17H16N2O/c1-2-5-15(6-3-1)19-16-10-8-14(9-11-16)18-13-17-7-4-12-20-17/h1-12,18-19H,13H2. The molecule has 0 saturated carbocycles. The Morgan fingerprint density at radius 3 is 2.10 bits per heavy atom. The molecule has 0 unspecified atom stereocenters. The molecule has 0 aliphatic carbocycles. The van der Waals surface area contributed by atoms with Crippen molar-refractivity contribution in [1.29, 1.82) is 0 Å². The average molecular weight is 264 g/mol. The minimum Gasteiger partial charge on any atom is -0.467 e. The van der Waals surface area contributed by atoms with Gasteiger partial charge < -0.3 is 15.1 Å². The van der Waals surface area contributed by atoms with Crippen molar-refractivity contribution in [2.45, 2.75) is 6.54 Å². The molecule has 0 atom stereocenters. The van der Waals surface area contributed by atoms with Gasteiger partial charge in [0, 0.05) is 17.1 Å². The average Bonchev–Trinajstić information content (AvgIpc) is 3.01. The zero-order chi connectivity index (χ0) is 13.6. The van der Waals surface area contributed by atoms with E-state index >= 15 is 0 Å². The first-order chi connectivity index (χ1) is 9.90. The van der Waals surface area contributed by atoms with E-state index in [1.807, 2.05) is 54.6 Å². The van der Waals surface area contributed by atoms with Gasteiger partial charge >= 0.3 is 0 Å². The molecule has 0 fully saturated rings. The fraction of sp³-hybridized carbons (Fsp3) is 0.0588. The summed E-state index contributed by atoms with van der Waals surface area (Å²) in [6.07, 6.45) is 1.68. The maximum atomic E-state index is 5.28. The van der Waals surface area contributed by atoms with E-state index < -0.39 is 0 Å². The summed E-state index contributed by atoms with van der Waals surface area (Å²) in [6, 6.07) is 22.2. The Bertz CT molecular complexity index is 631. The SMILES string of the molecule is c1ccc(Nc2ccc(NCc3ccco3)cc2)cc1. The summed E-state index contributed by atoms with van der Waals surface area (Å²) in [5.41, 5.74) is 3.23. The molecule has 1 aromatic heterocycles. The molecule has 3 aromatic rings. The lowest BCUT2D eigenvalue weighted by atomic mass is 10.2. The van der Waals surface area contributed by atoms with Crippen LogP contribution in [-0.4, -0.2) is 0 Å². The lowest BCUT2D eigenvalue weighted by molar-refractivity contribution is 0.518. The summed E-state index contributed by atoms with van der Waals surface area (Å²) in [5, 5.41) is 6.67. The van der Waals surface area contributed by atoms with Gasteiger partial charge in [0.05, 0.1) is 12.8 Å². The van der Waals surface area contributed by atoms with Crippen LogP contribution in [0.15, 0.2) is 77.4 Å². The third-order valence-corrected chi connectivity index (χ3v) is 2.99. The Kier molecular flexibility index (Phi) is 3.69. The highest BCUT2D eigenvalue weighted by molar-refractivity contribution is 5.62. The maximum absolute atomic E-state index is 5.28. The molecule has 100 valence electrons. The number of rotatable bonds is 5. The van der Waals surface area contributed by atoms with Crippen LogP contribution in [0.4, 0.5) is 17.1 Å². The molecular weight excluding hydrogens is 248 g/mol. The van der Waals surface area contributed by atoms with Gasteiger partial charge in [0.25, 0.3) is 0 Å². The van der Waals surface area contributed by atoms with E-state index in [2.05, 4.69) is 22.8 Å². The van der Waals surface area contributed by atoms with Crippen LogP contribution in [0.2, 0.25) is 0 Å². The molecule has 0 aliphatic heterocycles. The second-order valence-corrected chi connectivity index (χ2v) is 4.50. The third kappa shape index (κ3) is 3.20. The van der Waals surface area contributed by atoms with Crippen molar-refractivity contribution in [2.24, 2.45) is 0 Å². The first-order valence-corrected chi connectivity index (χ1v) is 6.58. The topological polar surface area (TPSA) is 37.2 Å². The minimum absolute atomic E-state index is 0.693. The molecule has 0 aliphatic rings. The van der Waals surface area contributed by atoms with Crippen molar-refractivity contribution in [2.75, 3.05) is 10.6 Å². The highest BCUT2D eigenvalue weighted by atomic mass is 16.3. The Balaban J connectivity index is 1.60. The molecule has 0 spiro atoms. The molecule has 2 N–H and O–H groups in total. The Hall–Kier alpha value is -2.68. The largest absolute Gasteiger partial charge is 0.467 e. The van der Waals surface area contributed by atoms with Crippen LogP contribution in [0.25, 0.3) is 0 Å². The molecular formula is C17H16N2O. The van der Waals surface area contributed by atoms with Crippen LogP contribution in [0.5, 0.6) is 0 Å². The molecule has 0 saturated heterocycles. The highest BCUT2D eigenvalue weighted by Crippen LogP contribution is 2.19. The summed E-state index contributed by atoms with van der Waals surface area (Å²) in [7, 11) is 0. The lowest BCUT2D eigenvalue weighted by Gasteiger charge is -2.08. The monoisotopic (exact) mass is 264 g/mol. The minimum atomic E-state index is 0.693. The van der Waals surface area contributed by atoms with Crippen LogP contribution < -0.4 is 10.6 Å². The van der Waals surface area contributed by atoms with Gasteiger partial charge in [0.1, 0.15) is 5.76 Å². The Morgan fingerprint density at radius 2 is 1.40 bits per heavy atom. The van der Waals surface area contributed by atoms with Crippen LogP contribution in [0.1, 0.15) is 5.76 Å². The van der Waals surface area contributed by atoms with E-state index in [0.717, 1.165) is 22.8 Å². The zero-order valence-electron chi connectivity index (χ0n) is 11.0. The molecule has 3 nitrogen and oxygen atoms in total. The van der Waals surface area contributed by atoms with Gasteiger partial charge in [-0.15, -0.1) is 0 Å². The number of hydrogen-bond donors (Lipinski definition) is 2. The Labute approximate surface area is 118 Å². The van der Waals surface area contributed by atoms with Gasteiger partial charge in [-0.2, -0.15) is 0 Å². The number of hydrogen-bond acceptors (Lipinski definition) is 3. The molecule has 3 heteroatoms. The third-order valence-electron chi connectivity index (χ3n) is 2.99. The van der Waals surface area contributed by atoms with Crippen molar-refractivity contribution in [3.63, 3.8) is 0 Å². The van der Waals surface area contributed by atoms with Crippen molar-refractivity contribution in [1.82, 2.24) is 0 Å². The van der Waals surface area contributed by atoms with E-state index in [0.29, 0.717) is 6.54 Å². The van der Waals surface area contributed by atoms with Gasteiger partial charge in [0.2, 0.25) is 0 Å². The molecule has 2 aromatic carbocycles. The van der Waals surface area contributed by atoms with E-state index in [4.69, 9.17) is 4.42 Å². The maximum Gasteiger partial charge on any atom is 0.122 e. The Morgan fingerprint density at radius 1 is 0.700 bits per heavy atom. The zero-order valence-corrected chi connectivity index (χ0v) is 11.0. The first-order valence-electron chi connectivity index (χ1n) is 6.58. The molecule has 0 amide bonds. The summed E-state index contributed by atoms with van der Waals surface area (Å²) in [4.78, 5) is 0. The normalized spacial score (nSPS) is 10.2. The van der Waals surface area contributed by atoms with Crippen LogP contribution in [0.3, 0.4) is 0 Å². The molecule has 20 heavy (non-hydrogen) atoms. The molecule has 0 bridgehead atoms. The van der Waals surface area contributed by atoms with E-state index in [1.54, 1.807) is 6.26 Å². The second-order valence-electron chi connectivity index (χ2n) is 4.50. The first kappa shape index (κ1) is 12.4. The van der Waals surface area contributed by atoms with Gasteiger partial charge in [-0.3, -0.25) is 0 Å². The number of para-hydroxylation sites is 1. The number of nitrogens with one attached hydrogen (secondary N) is 2. The van der Waals surface area contributed by atoms with Gasteiger partial charge in [-0.05, 0) is 48.5 Å². The van der Waals surface area contributed by atoms with Gasteiger partial charge in [0.15, 0.2) is 0 Å². The van der Waals surface area contributed by atoms with Crippen LogP contribution in [0, 0.1) is 0 Å². The fourth-order valence-electron chi connectivity index (χ4n) is 1.96. The summed E-state index contributed by atoms with van der Waals surface area (Å²) >= 11 is 0. The summed E-state index contributed by atoms with van der Waals surface area (Å²) in [6.45, 7) is 0.693. The van der Waals surface area contributed by atoms with Gasteiger partial charge in [-0.25, -0.2) is 0 Å². The van der Waals surface area contributed by atoms with Crippen molar-refractivity contribution >= 4 is 17.1 Å². The molecule has 1 heterocycles. The predicted molar refractivity (Wildman–Crippen MR) is 82.2 cm³/mol. The summed E-state index contributed by atoms with van der Waals surface area (Å²) in [5.74, 6) is 0.927. The van der Waals surface area contributed by atoms with Crippen LogP contribution >= 0.6 is 0 Å². The molecule has 3 rings (SSSR count). The number of benzene rings is 2.